The Morgan fingerprint density at radius 2 is 2.21 bits per heavy atom. The molecule has 9 heteroatoms. The van der Waals surface area contributed by atoms with Crippen LogP contribution in [0.1, 0.15) is 16.1 Å². The van der Waals surface area contributed by atoms with E-state index >= 15 is 0 Å². The first-order valence-electron chi connectivity index (χ1n) is 6.83. The summed E-state index contributed by atoms with van der Waals surface area (Å²) in [6.07, 6.45) is 2.65. The minimum atomic E-state index is -0.660. The molecule has 1 amide bonds. The normalized spacial score (nSPS) is 10.6. The number of nitrogens with one attached hydrogen (secondary N) is 2. The number of halogens is 2. The summed E-state index contributed by atoms with van der Waals surface area (Å²) in [5, 5.41) is 9.97. The van der Waals surface area contributed by atoms with Gasteiger partial charge in [-0.25, -0.2) is 9.07 Å². The maximum absolute atomic E-state index is 14.0. The van der Waals surface area contributed by atoms with Gasteiger partial charge in [-0.15, -0.1) is 5.10 Å². The van der Waals surface area contributed by atoms with Crippen LogP contribution in [0.25, 0.3) is 5.69 Å². The highest BCUT2D eigenvalue weighted by Gasteiger charge is 2.15. The Bertz CT molecular complexity index is 982. The quantitative estimate of drug-likeness (QED) is 0.760. The predicted molar refractivity (Wildman–Crippen MR) is 86.1 cm³/mol. The number of amides is 1. The van der Waals surface area contributed by atoms with Crippen LogP contribution in [0.15, 0.2) is 41.5 Å². The van der Waals surface area contributed by atoms with E-state index in [0.29, 0.717) is 11.3 Å². The summed E-state index contributed by atoms with van der Waals surface area (Å²) in [7, 11) is 0. The minimum absolute atomic E-state index is 0.0155. The van der Waals surface area contributed by atoms with E-state index in [1.165, 1.54) is 30.6 Å². The average molecular weight is 348 g/mol. The molecule has 0 saturated carbocycles. The summed E-state index contributed by atoms with van der Waals surface area (Å²) >= 11 is 5.72. The first-order chi connectivity index (χ1) is 11.5. The van der Waals surface area contributed by atoms with Gasteiger partial charge in [0.25, 0.3) is 11.5 Å². The molecule has 0 saturated heterocycles. The van der Waals surface area contributed by atoms with E-state index in [9.17, 15) is 14.0 Å². The predicted octanol–water partition coefficient (Wildman–Crippen LogP) is 2.31. The van der Waals surface area contributed by atoms with E-state index < -0.39 is 11.7 Å². The fraction of sp³-hybridized carbons (Fsp3) is 0.0667. The van der Waals surface area contributed by atoms with E-state index in [-0.39, 0.29) is 22.0 Å². The summed E-state index contributed by atoms with van der Waals surface area (Å²) in [5.41, 5.74) is 0.681. The highest BCUT2D eigenvalue weighted by molar-refractivity contribution is 6.30. The largest absolute Gasteiger partial charge is 0.327 e. The summed E-state index contributed by atoms with van der Waals surface area (Å²) < 4.78 is 15.1. The molecule has 0 atom stereocenters. The Morgan fingerprint density at radius 1 is 1.42 bits per heavy atom. The fourth-order valence-corrected chi connectivity index (χ4v) is 2.19. The molecule has 0 aliphatic heterocycles. The maximum Gasteiger partial charge on any atom is 0.277 e. The Morgan fingerprint density at radius 3 is 2.96 bits per heavy atom. The van der Waals surface area contributed by atoms with Crippen molar-refractivity contribution in [1.29, 1.82) is 0 Å². The van der Waals surface area contributed by atoms with E-state index in [1.54, 1.807) is 13.0 Å². The zero-order valence-corrected chi connectivity index (χ0v) is 13.1. The third-order valence-electron chi connectivity index (χ3n) is 3.25. The van der Waals surface area contributed by atoms with Crippen molar-refractivity contribution in [2.45, 2.75) is 6.92 Å². The average Bonchev–Trinajstić information content (AvgIpc) is 3.03. The molecular formula is C15H11ClFN5O2. The minimum Gasteiger partial charge on any atom is -0.327 e. The number of nitrogens with zero attached hydrogens (tertiary/aromatic N) is 3. The number of H-pyrrole nitrogens is 1. The van der Waals surface area contributed by atoms with E-state index in [4.69, 9.17) is 11.6 Å². The van der Waals surface area contributed by atoms with Crippen molar-refractivity contribution in [3.8, 4) is 5.69 Å². The zero-order chi connectivity index (χ0) is 17.3. The SMILES string of the molecule is Cc1cc(NC(=O)c2cn(-c3cccc(Cl)c3F)nn2)c[nH]c1=O. The number of carbonyl (C=O) groups is 1. The number of hydrogen-bond acceptors (Lipinski definition) is 4. The second-order valence-corrected chi connectivity index (χ2v) is 5.38. The van der Waals surface area contributed by atoms with Crippen LogP contribution in [0, 0.1) is 12.7 Å². The number of aromatic nitrogens is 4. The molecule has 7 nitrogen and oxygen atoms in total. The lowest BCUT2D eigenvalue weighted by molar-refractivity contribution is 0.102. The van der Waals surface area contributed by atoms with Gasteiger partial charge in [-0.2, -0.15) is 0 Å². The van der Waals surface area contributed by atoms with Crippen molar-refractivity contribution in [2.75, 3.05) is 5.32 Å². The standard InChI is InChI=1S/C15H11ClFN5O2/c1-8-5-9(6-18-14(8)23)19-15(24)11-7-22(21-20-11)12-4-2-3-10(16)13(12)17/h2-7H,1H3,(H,18,23)(H,19,24). The van der Waals surface area contributed by atoms with Gasteiger partial charge in [0.1, 0.15) is 5.69 Å². The number of benzene rings is 1. The first-order valence-corrected chi connectivity index (χ1v) is 7.21. The van der Waals surface area contributed by atoms with Gasteiger partial charge in [0.2, 0.25) is 0 Å². The first kappa shape index (κ1) is 15.9. The highest BCUT2D eigenvalue weighted by atomic mass is 35.5. The van der Waals surface area contributed by atoms with Gasteiger partial charge in [0, 0.05) is 11.8 Å². The van der Waals surface area contributed by atoms with Crippen LogP contribution >= 0.6 is 11.6 Å². The second kappa shape index (κ2) is 6.25. The molecule has 2 heterocycles. The van der Waals surface area contributed by atoms with Crippen LogP contribution in [-0.2, 0) is 0 Å². The molecule has 0 aliphatic rings. The number of rotatable bonds is 3. The molecule has 2 N–H and O–H groups in total. The van der Waals surface area contributed by atoms with Gasteiger partial charge in [-0.1, -0.05) is 22.9 Å². The van der Waals surface area contributed by atoms with Crippen LogP contribution < -0.4 is 10.9 Å². The number of hydrogen-bond donors (Lipinski definition) is 2. The number of anilines is 1. The molecule has 3 rings (SSSR count). The summed E-state index contributed by atoms with van der Waals surface area (Å²) in [6.45, 7) is 1.62. The fourth-order valence-electron chi connectivity index (χ4n) is 2.02. The third-order valence-corrected chi connectivity index (χ3v) is 3.54. The highest BCUT2D eigenvalue weighted by Crippen LogP contribution is 2.20. The number of carbonyl (C=O) groups excluding carboxylic acids is 1. The molecule has 24 heavy (non-hydrogen) atoms. The topological polar surface area (TPSA) is 92.7 Å². The van der Waals surface area contributed by atoms with Crippen LogP contribution in [0.2, 0.25) is 5.02 Å². The van der Waals surface area contributed by atoms with Crippen LogP contribution in [-0.4, -0.2) is 25.9 Å². The van der Waals surface area contributed by atoms with Crippen molar-refractivity contribution >= 4 is 23.2 Å². The molecular weight excluding hydrogens is 337 g/mol. The molecule has 0 fully saturated rings. The molecule has 0 aliphatic carbocycles. The Hall–Kier alpha value is -3.00. The van der Waals surface area contributed by atoms with Crippen molar-refractivity contribution < 1.29 is 9.18 Å². The van der Waals surface area contributed by atoms with Gasteiger partial charge >= 0.3 is 0 Å². The Kier molecular flexibility index (Phi) is 4.13. The van der Waals surface area contributed by atoms with E-state index in [1.807, 2.05) is 0 Å². The summed E-state index contributed by atoms with van der Waals surface area (Å²) in [4.78, 5) is 26.0. The lowest BCUT2D eigenvalue weighted by Crippen LogP contribution is -2.15. The van der Waals surface area contributed by atoms with Gasteiger partial charge in [-0.3, -0.25) is 9.59 Å². The van der Waals surface area contributed by atoms with Crippen LogP contribution in [0.3, 0.4) is 0 Å². The lowest BCUT2D eigenvalue weighted by Gasteiger charge is -2.03. The van der Waals surface area contributed by atoms with Crippen molar-refractivity contribution in [1.82, 2.24) is 20.0 Å². The summed E-state index contributed by atoms with van der Waals surface area (Å²) in [6, 6.07) is 5.95. The number of aromatic amines is 1. The van der Waals surface area contributed by atoms with Crippen LogP contribution in [0.5, 0.6) is 0 Å². The van der Waals surface area contributed by atoms with Gasteiger partial charge in [0.05, 0.1) is 16.9 Å². The molecule has 0 bridgehead atoms. The van der Waals surface area contributed by atoms with Gasteiger partial charge < -0.3 is 10.3 Å². The third kappa shape index (κ3) is 3.04. The monoisotopic (exact) mass is 347 g/mol. The molecule has 2 aromatic heterocycles. The second-order valence-electron chi connectivity index (χ2n) is 4.98. The number of aryl methyl sites for hydroxylation is 1. The van der Waals surface area contributed by atoms with Crippen LogP contribution in [0.4, 0.5) is 10.1 Å². The molecule has 3 aromatic rings. The van der Waals surface area contributed by atoms with E-state index in [2.05, 4.69) is 20.6 Å². The molecule has 0 radical (unpaired) electrons. The van der Waals surface area contributed by atoms with Gasteiger partial charge in [0.15, 0.2) is 11.5 Å². The smallest absolute Gasteiger partial charge is 0.277 e. The Labute approximate surface area is 140 Å². The molecule has 1 aromatic carbocycles. The number of pyridine rings is 1. The van der Waals surface area contributed by atoms with Crippen molar-refractivity contribution in [3.05, 3.63) is 69.1 Å². The molecule has 122 valence electrons. The van der Waals surface area contributed by atoms with Crippen molar-refractivity contribution in [2.24, 2.45) is 0 Å². The molecule has 0 spiro atoms. The maximum atomic E-state index is 14.0. The zero-order valence-electron chi connectivity index (χ0n) is 12.4. The Balaban J connectivity index is 1.84. The molecule has 0 unspecified atom stereocenters. The van der Waals surface area contributed by atoms with Crippen molar-refractivity contribution in [3.63, 3.8) is 0 Å². The lowest BCUT2D eigenvalue weighted by atomic mass is 10.3. The van der Waals surface area contributed by atoms with Gasteiger partial charge in [-0.05, 0) is 25.1 Å². The summed E-state index contributed by atoms with van der Waals surface area (Å²) in [5.74, 6) is -1.21. The van der Waals surface area contributed by atoms with E-state index in [0.717, 1.165) is 4.68 Å².